The summed E-state index contributed by atoms with van der Waals surface area (Å²) >= 11 is 1.33. The highest BCUT2D eigenvalue weighted by Gasteiger charge is 2.60. The number of amides is 3. The zero-order valence-corrected chi connectivity index (χ0v) is 26.7. The van der Waals surface area contributed by atoms with Crippen molar-refractivity contribution in [2.45, 2.75) is 56.9 Å². The lowest BCUT2D eigenvalue weighted by Crippen LogP contribution is -2.63. The van der Waals surface area contributed by atoms with Gasteiger partial charge in [-0.05, 0) is 36.6 Å². The molecule has 0 spiro atoms. The summed E-state index contributed by atoms with van der Waals surface area (Å²) in [6.07, 6.45) is -1.26. The number of non-ortho nitro benzene ring substituents is 1. The molecule has 0 bridgehead atoms. The molecule has 2 aromatic carbocycles. The van der Waals surface area contributed by atoms with Crippen molar-refractivity contribution < 1.29 is 38.7 Å². The number of aliphatic hydroxyl groups is 1. The summed E-state index contributed by atoms with van der Waals surface area (Å²) in [5, 5.41) is 21.0. The fraction of sp³-hybridized carbons (Fsp3) is 0.438. The first-order valence-corrected chi connectivity index (χ1v) is 15.8. The molecule has 46 heavy (non-hydrogen) atoms. The van der Waals surface area contributed by atoms with Gasteiger partial charge in [0.25, 0.3) is 5.69 Å². The number of likely N-dealkylation sites (N-methyl/N-ethyl adjacent to an activating group) is 1. The van der Waals surface area contributed by atoms with Crippen LogP contribution in [0.5, 0.6) is 0 Å². The van der Waals surface area contributed by atoms with E-state index in [-0.39, 0.29) is 54.1 Å². The van der Waals surface area contributed by atoms with Gasteiger partial charge in [-0.2, -0.15) is 0 Å². The van der Waals surface area contributed by atoms with E-state index in [2.05, 4.69) is 0 Å². The smallest absolute Gasteiger partial charge is 0.410 e. The zero-order chi connectivity index (χ0) is 33.3. The van der Waals surface area contributed by atoms with E-state index in [1.165, 1.54) is 57.7 Å². The minimum Gasteiger partial charge on any atom is -0.456 e. The molecule has 244 valence electrons. The number of nitrogens with zero attached hydrogens (tertiary/aromatic N) is 4. The SMILES string of the molecule is C[C@@H](O)[C@H]1C(=O)N2C(C(=O)OCc3ccc([N+](=O)[O-])cc3)=C(S[C@H]3C[C@@H](C(=O)N(C)C)N(C(=O)OCc4ccccc4)C3)[C@H](C)[C@H]12. The molecular weight excluding hydrogens is 616 g/mol. The third kappa shape index (κ3) is 6.44. The molecule has 1 N–H and O–H groups in total. The second-order valence-electron chi connectivity index (χ2n) is 11.9. The number of likely N-dealkylation sites (tertiary alicyclic amines) is 1. The van der Waals surface area contributed by atoms with Crippen LogP contribution in [-0.4, -0.2) is 92.7 Å². The Morgan fingerprint density at radius 1 is 1.07 bits per heavy atom. The lowest BCUT2D eigenvalue weighted by Gasteiger charge is -2.46. The van der Waals surface area contributed by atoms with Crippen LogP contribution in [0, 0.1) is 22.0 Å². The van der Waals surface area contributed by atoms with Gasteiger partial charge in [0.05, 0.1) is 23.0 Å². The van der Waals surface area contributed by atoms with Gasteiger partial charge in [0.2, 0.25) is 11.8 Å². The number of rotatable bonds is 10. The average molecular weight is 653 g/mol. The van der Waals surface area contributed by atoms with Gasteiger partial charge in [-0.25, -0.2) is 9.59 Å². The Kier molecular flexibility index (Phi) is 9.68. The van der Waals surface area contributed by atoms with E-state index >= 15 is 0 Å². The summed E-state index contributed by atoms with van der Waals surface area (Å²) in [7, 11) is 3.23. The number of nitro benzene ring substituents is 1. The molecular formula is C32H36N4O9S. The number of benzene rings is 2. The predicted molar refractivity (Wildman–Crippen MR) is 167 cm³/mol. The number of fused-ring (bicyclic) bond motifs is 1. The first kappa shape index (κ1) is 32.9. The van der Waals surface area contributed by atoms with Crippen molar-refractivity contribution >= 4 is 41.3 Å². The van der Waals surface area contributed by atoms with E-state index in [1.807, 2.05) is 37.3 Å². The van der Waals surface area contributed by atoms with Crippen molar-refractivity contribution in [2.75, 3.05) is 20.6 Å². The molecule has 0 aromatic heterocycles. The number of hydrogen-bond donors (Lipinski definition) is 1. The summed E-state index contributed by atoms with van der Waals surface area (Å²) in [4.78, 5) is 68.4. The predicted octanol–water partition coefficient (Wildman–Crippen LogP) is 3.31. The monoisotopic (exact) mass is 652 g/mol. The molecule has 3 aliphatic heterocycles. The molecule has 0 unspecified atom stereocenters. The maximum absolute atomic E-state index is 13.6. The molecule has 3 aliphatic rings. The first-order chi connectivity index (χ1) is 21.9. The Labute approximate surface area is 270 Å². The van der Waals surface area contributed by atoms with Crippen molar-refractivity contribution in [1.29, 1.82) is 0 Å². The van der Waals surface area contributed by atoms with Crippen molar-refractivity contribution in [3.8, 4) is 0 Å². The van der Waals surface area contributed by atoms with Gasteiger partial charge in [-0.1, -0.05) is 37.3 Å². The number of nitro groups is 1. The van der Waals surface area contributed by atoms with Gasteiger partial charge in [-0.3, -0.25) is 24.6 Å². The fourth-order valence-electron chi connectivity index (χ4n) is 6.20. The molecule has 2 saturated heterocycles. The number of aliphatic hydroxyl groups excluding tert-OH is 1. The third-order valence-electron chi connectivity index (χ3n) is 8.54. The van der Waals surface area contributed by atoms with Gasteiger partial charge in [0, 0.05) is 48.8 Å². The summed E-state index contributed by atoms with van der Waals surface area (Å²) in [5.74, 6) is -2.41. The largest absolute Gasteiger partial charge is 0.456 e. The molecule has 0 saturated carbocycles. The van der Waals surface area contributed by atoms with Crippen LogP contribution < -0.4 is 0 Å². The standard InChI is InChI=1S/C32H36N4O9S/c1-18-26-25(19(2)37)30(39)35(26)27(31(40)44-16-21-10-12-22(13-11-21)36(42)43)28(18)46-23-14-24(29(38)33(3)4)34(15-23)32(41)45-17-20-8-6-5-7-9-20/h5-13,18-19,23-26,37H,14-17H2,1-4H3/t18-,19-,23+,24+,25-,26-/m1/s1. The van der Waals surface area contributed by atoms with Gasteiger partial charge < -0.3 is 24.4 Å². The van der Waals surface area contributed by atoms with Crippen LogP contribution in [-0.2, 0) is 37.1 Å². The molecule has 5 rings (SSSR count). The number of ether oxygens (including phenoxy) is 2. The van der Waals surface area contributed by atoms with Crippen LogP contribution in [0.15, 0.2) is 65.2 Å². The van der Waals surface area contributed by atoms with Crippen LogP contribution in [0.4, 0.5) is 10.5 Å². The van der Waals surface area contributed by atoms with Gasteiger partial charge in [-0.15, -0.1) is 11.8 Å². The summed E-state index contributed by atoms with van der Waals surface area (Å²) in [6, 6.07) is 13.6. The molecule has 2 aromatic rings. The summed E-state index contributed by atoms with van der Waals surface area (Å²) in [5.41, 5.74) is 1.31. The molecule has 6 atom stereocenters. The number of thioether (sulfide) groups is 1. The van der Waals surface area contributed by atoms with Crippen LogP contribution in [0.2, 0.25) is 0 Å². The quantitative estimate of drug-likeness (QED) is 0.175. The van der Waals surface area contributed by atoms with Crippen molar-refractivity contribution in [3.05, 3.63) is 86.4 Å². The highest BCUT2D eigenvalue weighted by atomic mass is 32.2. The molecule has 14 heteroatoms. The van der Waals surface area contributed by atoms with Crippen molar-refractivity contribution in [2.24, 2.45) is 11.8 Å². The Morgan fingerprint density at radius 3 is 2.30 bits per heavy atom. The molecule has 3 amide bonds. The Morgan fingerprint density at radius 2 is 1.70 bits per heavy atom. The first-order valence-electron chi connectivity index (χ1n) is 14.9. The maximum Gasteiger partial charge on any atom is 0.410 e. The third-order valence-corrected chi connectivity index (χ3v) is 10.0. The number of β-lactam (4-membered cyclic amide) rings is 1. The Bertz CT molecular complexity index is 1550. The van der Waals surface area contributed by atoms with E-state index in [0.717, 1.165) is 5.56 Å². The molecule has 2 fully saturated rings. The minimum absolute atomic E-state index is 0.0449. The molecule has 0 aliphatic carbocycles. The van der Waals surface area contributed by atoms with Crippen LogP contribution in [0.1, 0.15) is 31.4 Å². The van der Waals surface area contributed by atoms with E-state index < -0.39 is 41.1 Å². The topological polar surface area (TPSA) is 160 Å². The number of esters is 1. The summed E-state index contributed by atoms with van der Waals surface area (Å²) < 4.78 is 11.2. The molecule has 0 radical (unpaired) electrons. The number of carbonyl (C=O) groups excluding carboxylic acids is 4. The molecule has 3 heterocycles. The number of carbonyl (C=O) groups is 4. The molecule has 13 nitrogen and oxygen atoms in total. The van der Waals surface area contributed by atoms with Gasteiger partial charge in [0.15, 0.2) is 0 Å². The van der Waals surface area contributed by atoms with Crippen LogP contribution >= 0.6 is 11.8 Å². The minimum atomic E-state index is -0.929. The maximum atomic E-state index is 13.6. The lowest BCUT2D eigenvalue weighted by molar-refractivity contribution is -0.384. The number of hydrogen-bond acceptors (Lipinski definition) is 10. The Balaban J connectivity index is 1.37. The van der Waals surface area contributed by atoms with E-state index in [9.17, 15) is 34.4 Å². The van der Waals surface area contributed by atoms with Crippen LogP contribution in [0.3, 0.4) is 0 Å². The normalized spacial score (nSPS) is 24.3. The Hall–Kier alpha value is -4.43. The van der Waals surface area contributed by atoms with E-state index in [4.69, 9.17) is 9.47 Å². The van der Waals surface area contributed by atoms with Crippen LogP contribution in [0.25, 0.3) is 0 Å². The van der Waals surface area contributed by atoms with Gasteiger partial charge in [0.1, 0.15) is 25.0 Å². The van der Waals surface area contributed by atoms with Crippen molar-refractivity contribution in [1.82, 2.24) is 14.7 Å². The van der Waals surface area contributed by atoms with Crippen molar-refractivity contribution in [3.63, 3.8) is 0 Å². The summed E-state index contributed by atoms with van der Waals surface area (Å²) in [6.45, 7) is 3.45. The van der Waals surface area contributed by atoms with E-state index in [0.29, 0.717) is 16.9 Å². The van der Waals surface area contributed by atoms with Gasteiger partial charge >= 0.3 is 12.1 Å². The fourth-order valence-corrected chi connectivity index (χ4v) is 7.72. The second-order valence-corrected chi connectivity index (χ2v) is 13.2. The average Bonchev–Trinajstić information content (AvgIpc) is 3.56. The highest BCUT2D eigenvalue weighted by Crippen LogP contribution is 2.52. The lowest BCUT2D eigenvalue weighted by atomic mass is 9.79. The highest BCUT2D eigenvalue weighted by molar-refractivity contribution is 8.03. The second kappa shape index (κ2) is 13.5. The van der Waals surface area contributed by atoms with E-state index in [1.54, 1.807) is 14.1 Å². The zero-order valence-electron chi connectivity index (χ0n) is 25.9.